The van der Waals surface area contributed by atoms with Gasteiger partial charge in [-0.25, -0.2) is 0 Å². The first-order chi connectivity index (χ1) is 13.3. The molecule has 0 N–H and O–H groups in total. The van der Waals surface area contributed by atoms with E-state index in [1.165, 1.54) is 12.1 Å². The van der Waals surface area contributed by atoms with Crippen molar-refractivity contribution in [3.63, 3.8) is 0 Å². The molecule has 2 aromatic rings. The molecule has 4 rings (SSSR count). The first-order valence-electron chi connectivity index (χ1n) is 8.83. The Hall–Kier alpha value is -2.35. The van der Waals surface area contributed by atoms with Crippen molar-refractivity contribution in [2.75, 3.05) is 13.7 Å². The van der Waals surface area contributed by atoms with E-state index < -0.39 is 11.7 Å². The average Bonchev–Trinajstić information content (AvgIpc) is 3.23. The molecule has 4 nitrogen and oxygen atoms in total. The van der Waals surface area contributed by atoms with Crippen LogP contribution in [-0.4, -0.2) is 29.8 Å². The molecule has 2 aliphatic heterocycles. The molecule has 0 spiro atoms. The summed E-state index contributed by atoms with van der Waals surface area (Å²) < 4.78 is 49.3. The smallest absolute Gasteiger partial charge is 0.416 e. The van der Waals surface area contributed by atoms with Crippen LogP contribution in [-0.2, 0) is 11.0 Å². The van der Waals surface area contributed by atoms with Gasteiger partial charge in [0.15, 0.2) is 0 Å². The lowest BCUT2D eigenvalue weighted by Gasteiger charge is -2.17. The minimum atomic E-state index is -4.38. The highest BCUT2D eigenvalue weighted by Gasteiger charge is 2.41. The third-order valence-electron chi connectivity index (χ3n) is 4.92. The Kier molecular flexibility index (Phi) is 4.91. The van der Waals surface area contributed by atoms with Gasteiger partial charge in [-0.2, -0.15) is 13.2 Å². The molecule has 1 amide bonds. The second-order valence-electron chi connectivity index (χ2n) is 6.69. The fourth-order valence-corrected chi connectivity index (χ4v) is 5.09. The number of hydrogen-bond donors (Lipinski definition) is 0. The normalized spacial score (nSPS) is 21.7. The van der Waals surface area contributed by atoms with E-state index in [1.807, 2.05) is 11.0 Å². The Labute approximate surface area is 164 Å². The minimum absolute atomic E-state index is 0.0698. The number of alkyl halides is 3. The van der Waals surface area contributed by atoms with Gasteiger partial charge in [0.25, 0.3) is 0 Å². The molecule has 2 unspecified atom stereocenters. The topological polar surface area (TPSA) is 38.8 Å². The monoisotopic (exact) mass is 409 g/mol. The zero-order valence-electron chi connectivity index (χ0n) is 15.0. The SMILES string of the molecule is COc1ccc(Oc2ccc(C(F)(F)F)cc2)cc1C1CN2C(=O)CCC2S1. The molecular formula is C20H18F3NO3S. The molecule has 28 heavy (non-hydrogen) atoms. The highest BCUT2D eigenvalue weighted by atomic mass is 32.2. The highest BCUT2D eigenvalue weighted by Crippen LogP contribution is 2.49. The van der Waals surface area contributed by atoms with Crippen molar-refractivity contribution in [2.24, 2.45) is 0 Å². The Morgan fingerprint density at radius 3 is 2.46 bits per heavy atom. The molecule has 0 radical (unpaired) electrons. The lowest BCUT2D eigenvalue weighted by Crippen LogP contribution is -2.26. The number of halogens is 3. The van der Waals surface area contributed by atoms with Crippen LogP contribution in [0.3, 0.4) is 0 Å². The summed E-state index contributed by atoms with van der Waals surface area (Å²) in [7, 11) is 1.58. The van der Waals surface area contributed by atoms with Crippen LogP contribution in [0.5, 0.6) is 17.2 Å². The average molecular weight is 409 g/mol. The zero-order valence-corrected chi connectivity index (χ0v) is 15.8. The number of carbonyl (C=O) groups excluding carboxylic acids is 1. The molecule has 2 aromatic carbocycles. The van der Waals surface area contributed by atoms with E-state index in [2.05, 4.69) is 0 Å². The number of benzene rings is 2. The van der Waals surface area contributed by atoms with E-state index in [4.69, 9.17) is 9.47 Å². The van der Waals surface area contributed by atoms with Gasteiger partial charge >= 0.3 is 6.18 Å². The summed E-state index contributed by atoms with van der Waals surface area (Å²) in [4.78, 5) is 13.9. The predicted molar refractivity (Wildman–Crippen MR) is 99.6 cm³/mol. The van der Waals surface area contributed by atoms with Crippen LogP contribution in [0.25, 0.3) is 0 Å². The fraction of sp³-hybridized carbons (Fsp3) is 0.350. The van der Waals surface area contributed by atoms with Gasteiger partial charge < -0.3 is 14.4 Å². The van der Waals surface area contributed by atoms with Gasteiger partial charge in [-0.05, 0) is 48.9 Å². The molecule has 148 valence electrons. The second-order valence-corrected chi connectivity index (χ2v) is 8.08. The van der Waals surface area contributed by atoms with Crippen LogP contribution in [0.4, 0.5) is 13.2 Å². The Morgan fingerprint density at radius 2 is 1.82 bits per heavy atom. The molecular weight excluding hydrogens is 391 g/mol. The number of methoxy groups -OCH3 is 1. The van der Waals surface area contributed by atoms with Crippen molar-refractivity contribution in [1.29, 1.82) is 0 Å². The van der Waals surface area contributed by atoms with Crippen LogP contribution in [0.1, 0.15) is 29.2 Å². The largest absolute Gasteiger partial charge is 0.496 e. The van der Waals surface area contributed by atoms with E-state index >= 15 is 0 Å². The van der Waals surface area contributed by atoms with Gasteiger partial charge in [0.1, 0.15) is 17.2 Å². The van der Waals surface area contributed by atoms with E-state index in [0.29, 0.717) is 30.2 Å². The van der Waals surface area contributed by atoms with E-state index in [1.54, 1.807) is 31.0 Å². The summed E-state index contributed by atoms with van der Waals surface area (Å²) in [5.41, 5.74) is 0.196. The van der Waals surface area contributed by atoms with E-state index in [-0.39, 0.29) is 16.5 Å². The zero-order chi connectivity index (χ0) is 19.9. The molecule has 0 aliphatic carbocycles. The number of rotatable bonds is 4. The molecule has 0 bridgehead atoms. The standard InChI is InChI=1S/C20H18F3NO3S/c1-26-16-7-6-14(27-13-4-2-12(3-5-13)20(21,22)23)10-15(16)17-11-24-18(25)8-9-19(24)28-17/h2-7,10,17,19H,8-9,11H2,1H3. The molecule has 2 heterocycles. The van der Waals surface area contributed by atoms with Crippen LogP contribution < -0.4 is 9.47 Å². The number of fused-ring (bicyclic) bond motifs is 1. The Bertz CT molecular complexity index is 885. The van der Waals surface area contributed by atoms with Gasteiger partial charge in [-0.1, -0.05) is 0 Å². The summed E-state index contributed by atoms with van der Waals surface area (Å²) in [6.45, 7) is 0.619. The summed E-state index contributed by atoms with van der Waals surface area (Å²) >= 11 is 1.73. The number of carbonyl (C=O) groups is 1. The van der Waals surface area contributed by atoms with Crippen molar-refractivity contribution in [3.8, 4) is 17.2 Å². The molecule has 0 aromatic heterocycles. The predicted octanol–water partition coefficient (Wildman–Crippen LogP) is 5.24. The van der Waals surface area contributed by atoms with Gasteiger partial charge in [-0.15, -0.1) is 11.8 Å². The Morgan fingerprint density at radius 1 is 1.11 bits per heavy atom. The summed E-state index contributed by atoms with van der Waals surface area (Å²) in [5.74, 6) is 1.70. The third-order valence-corrected chi connectivity index (χ3v) is 6.46. The Balaban J connectivity index is 1.55. The van der Waals surface area contributed by atoms with E-state index in [9.17, 15) is 18.0 Å². The number of hydrogen-bond acceptors (Lipinski definition) is 4. The first-order valence-corrected chi connectivity index (χ1v) is 9.77. The maximum atomic E-state index is 12.7. The van der Waals surface area contributed by atoms with Crippen LogP contribution in [0.2, 0.25) is 0 Å². The van der Waals surface area contributed by atoms with Crippen molar-refractivity contribution in [3.05, 3.63) is 53.6 Å². The molecule has 0 saturated carbocycles. The maximum absolute atomic E-state index is 12.7. The maximum Gasteiger partial charge on any atom is 0.416 e. The van der Waals surface area contributed by atoms with E-state index in [0.717, 1.165) is 24.1 Å². The van der Waals surface area contributed by atoms with Crippen LogP contribution >= 0.6 is 11.8 Å². The summed E-state index contributed by atoms with van der Waals surface area (Å²) in [6, 6.07) is 9.91. The molecule has 8 heteroatoms. The molecule has 2 saturated heterocycles. The molecule has 2 aliphatic rings. The van der Waals surface area contributed by atoms with Crippen molar-refractivity contribution < 1.29 is 27.4 Å². The fourth-order valence-electron chi connectivity index (χ4n) is 3.53. The first kappa shape index (κ1) is 19.0. The molecule has 2 fully saturated rings. The quantitative estimate of drug-likeness (QED) is 0.692. The summed E-state index contributed by atoms with van der Waals surface area (Å²) in [5, 5.41) is 0.266. The lowest BCUT2D eigenvalue weighted by molar-refractivity contribution is -0.137. The molecule has 2 atom stereocenters. The number of thioether (sulfide) groups is 1. The van der Waals surface area contributed by atoms with Gasteiger partial charge in [0.05, 0.1) is 23.3 Å². The highest BCUT2D eigenvalue weighted by molar-refractivity contribution is 8.00. The second kappa shape index (κ2) is 7.24. The van der Waals surface area contributed by atoms with Crippen molar-refractivity contribution >= 4 is 17.7 Å². The van der Waals surface area contributed by atoms with Crippen molar-refractivity contribution in [1.82, 2.24) is 4.90 Å². The van der Waals surface area contributed by atoms with Gasteiger partial charge in [-0.3, -0.25) is 4.79 Å². The third kappa shape index (κ3) is 3.65. The number of nitrogens with zero attached hydrogens (tertiary/aromatic N) is 1. The minimum Gasteiger partial charge on any atom is -0.496 e. The van der Waals surface area contributed by atoms with Crippen molar-refractivity contribution in [2.45, 2.75) is 29.6 Å². The number of ether oxygens (including phenoxy) is 2. The number of amides is 1. The van der Waals surface area contributed by atoms with Gasteiger partial charge in [0, 0.05) is 18.5 Å². The van der Waals surface area contributed by atoms with Crippen LogP contribution in [0, 0.1) is 0 Å². The summed E-state index contributed by atoms with van der Waals surface area (Å²) in [6.07, 6.45) is -2.93. The van der Waals surface area contributed by atoms with Gasteiger partial charge in [0.2, 0.25) is 5.91 Å². The van der Waals surface area contributed by atoms with Crippen LogP contribution in [0.15, 0.2) is 42.5 Å². The lowest BCUT2D eigenvalue weighted by atomic mass is 10.1.